The molecule has 104 valence electrons. The van der Waals surface area contributed by atoms with Crippen LogP contribution in [0.3, 0.4) is 0 Å². The maximum atomic E-state index is 4.65. The van der Waals surface area contributed by atoms with Crippen LogP contribution in [0.4, 0.5) is 5.69 Å². The highest BCUT2D eigenvalue weighted by Gasteiger charge is 2.23. The van der Waals surface area contributed by atoms with Crippen molar-refractivity contribution in [1.82, 2.24) is 0 Å². The molecule has 1 aliphatic rings. The van der Waals surface area contributed by atoms with Crippen molar-refractivity contribution in [3.8, 4) is 0 Å². The van der Waals surface area contributed by atoms with E-state index in [1.54, 1.807) is 0 Å². The van der Waals surface area contributed by atoms with Crippen LogP contribution in [0.5, 0.6) is 0 Å². The number of benzene rings is 1. The second-order valence-electron chi connectivity index (χ2n) is 5.33. The maximum absolute atomic E-state index is 4.65. The van der Waals surface area contributed by atoms with E-state index in [1.807, 2.05) is 11.8 Å². The molecule has 0 aliphatic carbocycles. The van der Waals surface area contributed by atoms with Crippen molar-refractivity contribution in [3.63, 3.8) is 0 Å². The van der Waals surface area contributed by atoms with Crippen LogP contribution in [0.15, 0.2) is 23.2 Å². The summed E-state index contributed by atoms with van der Waals surface area (Å²) in [6, 6.07) is 6.58. The minimum absolute atomic E-state index is 0.626. The summed E-state index contributed by atoms with van der Waals surface area (Å²) in [5.74, 6) is 0.681. The molecule has 2 rings (SSSR count). The molecule has 1 atom stereocenters. The second-order valence-corrected chi connectivity index (χ2v) is 6.56. The van der Waals surface area contributed by atoms with Crippen molar-refractivity contribution in [2.24, 2.45) is 10.9 Å². The molecule has 1 heterocycles. The first-order valence-electron chi connectivity index (χ1n) is 7.24. The molecule has 0 fully saturated rings. The number of nitrogens with one attached hydrogen (secondary N) is 1. The van der Waals surface area contributed by atoms with E-state index in [0.29, 0.717) is 11.2 Å². The second kappa shape index (κ2) is 6.47. The van der Waals surface area contributed by atoms with Crippen LogP contribution in [-0.4, -0.2) is 17.0 Å². The number of rotatable bonds is 4. The Bertz CT molecular complexity index is 444. The average molecular weight is 276 g/mol. The van der Waals surface area contributed by atoms with Gasteiger partial charge in [-0.05, 0) is 29.9 Å². The first-order chi connectivity index (χ1) is 9.15. The summed E-state index contributed by atoms with van der Waals surface area (Å²) in [5, 5.41) is 5.30. The van der Waals surface area contributed by atoms with Gasteiger partial charge >= 0.3 is 0 Å². The molecule has 1 N–H and O–H groups in total. The summed E-state index contributed by atoms with van der Waals surface area (Å²) < 4.78 is 0. The van der Waals surface area contributed by atoms with E-state index in [0.717, 1.165) is 24.6 Å². The highest BCUT2D eigenvalue weighted by atomic mass is 32.2. The fourth-order valence-corrected chi connectivity index (χ4v) is 3.33. The summed E-state index contributed by atoms with van der Waals surface area (Å²) in [5.41, 5.74) is 4.05. The zero-order chi connectivity index (χ0) is 13.8. The van der Waals surface area contributed by atoms with Gasteiger partial charge in [0.1, 0.15) is 0 Å². The Hall–Kier alpha value is -0.960. The molecule has 1 aliphatic heterocycles. The van der Waals surface area contributed by atoms with Gasteiger partial charge in [0.05, 0.1) is 6.54 Å². The third-order valence-electron chi connectivity index (χ3n) is 3.65. The van der Waals surface area contributed by atoms with Gasteiger partial charge in [-0.15, -0.1) is 0 Å². The SMILES string of the molecule is CCc1cccc(CC)c1NC1=NCC(C(C)C)S1. The Kier molecular flexibility index (Phi) is 4.92. The number of aliphatic imine (C=N–C) groups is 1. The van der Waals surface area contributed by atoms with Crippen molar-refractivity contribution < 1.29 is 0 Å². The van der Waals surface area contributed by atoms with E-state index in [-0.39, 0.29) is 0 Å². The Balaban J connectivity index is 2.15. The van der Waals surface area contributed by atoms with Crippen LogP contribution in [0, 0.1) is 5.92 Å². The van der Waals surface area contributed by atoms with Gasteiger partial charge in [-0.25, -0.2) is 0 Å². The normalized spacial score (nSPS) is 18.8. The summed E-state index contributed by atoms with van der Waals surface area (Å²) in [7, 11) is 0. The van der Waals surface area contributed by atoms with Crippen molar-refractivity contribution in [2.75, 3.05) is 11.9 Å². The summed E-state index contributed by atoms with van der Waals surface area (Å²) >= 11 is 1.89. The van der Waals surface area contributed by atoms with Crippen LogP contribution in [0.25, 0.3) is 0 Å². The molecule has 1 aromatic rings. The standard InChI is InChI=1S/C16H24N2S/c1-5-12-8-7-9-13(6-2)15(12)18-16-17-10-14(19-16)11(3)4/h7-9,11,14H,5-6,10H2,1-4H3,(H,17,18). The molecular formula is C16H24N2S. The lowest BCUT2D eigenvalue weighted by Crippen LogP contribution is -2.14. The molecule has 1 unspecified atom stereocenters. The number of anilines is 1. The van der Waals surface area contributed by atoms with Gasteiger partial charge in [0.25, 0.3) is 0 Å². The lowest BCUT2D eigenvalue weighted by Gasteiger charge is -2.16. The quantitative estimate of drug-likeness (QED) is 0.884. The number of aryl methyl sites for hydroxylation is 2. The van der Waals surface area contributed by atoms with E-state index in [9.17, 15) is 0 Å². The molecule has 0 aromatic heterocycles. The first-order valence-corrected chi connectivity index (χ1v) is 8.12. The van der Waals surface area contributed by atoms with Crippen LogP contribution >= 0.6 is 11.8 Å². The van der Waals surface area contributed by atoms with Gasteiger partial charge in [-0.1, -0.05) is 57.7 Å². The van der Waals surface area contributed by atoms with Gasteiger partial charge in [-0.2, -0.15) is 0 Å². The Morgan fingerprint density at radius 3 is 2.37 bits per heavy atom. The van der Waals surface area contributed by atoms with Crippen LogP contribution < -0.4 is 5.32 Å². The van der Waals surface area contributed by atoms with Gasteiger partial charge in [-0.3, -0.25) is 4.99 Å². The summed E-state index contributed by atoms with van der Waals surface area (Å²) in [6.45, 7) is 9.91. The number of hydrogen-bond acceptors (Lipinski definition) is 3. The van der Waals surface area contributed by atoms with Gasteiger partial charge in [0.2, 0.25) is 0 Å². The number of amidine groups is 1. The van der Waals surface area contributed by atoms with Crippen LogP contribution in [0.1, 0.15) is 38.8 Å². The molecule has 0 saturated heterocycles. The molecule has 1 aromatic carbocycles. The van der Waals surface area contributed by atoms with E-state index in [2.05, 4.69) is 56.2 Å². The number of thioether (sulfide) groups is 1. The number of hydrogen-bond donors (Lipinski definition) is 1. The monoisotopic (exact) mass is 276 g/mol. The Morgan fingerprint density at radius 2 is 1.89 bits per heavy atom. The predicted octanol–water partition coefficient (Wildman–Crippen LogP) is 4.35. The van der Waals surface area contributed by atoms with Gasteiger partial charge < -0.3 is 5.32 Å². The highest BCUT2D eigenvalue weighted by Crippen LogP contribution is 2.30. The van der Waals surface area contributed by atoms with Crippen LogP contribution in [0.2, 0.25) is 0 Å². The molecule has 0 bridgehead atoms. The predicted molar refractivity (Wildman–Crippen MR) is 87.3 cm³/mol. The van der Waals surface area contributed by atoms with Crippen molar-refractivity contribution in [2.45, 2.75) is 45.8 Å². The van der Waals surface area contributed by atoms with E-state index >= 15 is 0 Å². The molecule has 0 amide bonds. The Labute approximate surface area is 121 Å². The molecule has 0 saturated carbocycles. The molecular weight excluding hydrogens is 252 g/mol. The van der Waals surface area contributed by atoms with Gasteiger partial charge in [0.15, 0.2) is 5.17 Å². The Morgan fingerprint density at radius 1 is 1.26 bits per heavy atom. The fourth-order valence-electron chi connectivity index (χ4n) is 2.32. The zero-order valence-electron chi connectivity index (χ0n) is 12.4. The lowest BCUT2D eigenvalue weighted by atomic mass is 10.0. The molecule has 3 heteroatoms. The highest BCUT2D eigenvalue weighted by molar-refractivity contribution is 8.15. The van der Waals surface area contributed by atoms with E-state index in [4.69, 9.17) is 0 Å². The number of para-hydroxylation sites is 1. The molecule has 2 nitrogen and oxygen atoms in total. The van der Waals surface area contributed by atoms with E-state index in [1.165, 1.54) is 16.8 Å². The summed E-state index contributed by atoms with van der Waals surface area (Å²) in [4.78, 5) is 4.65. The van der Waals surface area contributed by atoms with Gasteiger partial charge in [0, 0.05) is 10.9 Å². The van der Waals surface area contributed by atoms with Crippen molar-refractivity contribution >= 4 is 22.6 Å². The third-order valence-corrected chi connectivity index (χ3v) is 5.10. The average Bonchev–Trinajstić information content (AvgIpc) is 2.87. The first kappa shape index (κ1) is 14.4. The minimum Gasteiger partial charge on any atom is -0.335 e. The lowest BCUT2D eigenvalue weighted by molar-refractivity contribution is 0.621. The topological polar surface area (TPSA) is 24.4 Å². The smallest absolute Gasteiger partial charge is 0.161 e. The summed E-state index contributed by atoms with van der Waals surface area (Å²) in [6.07, 6.45) is 2.11. The number of nitrogens with zero attached hydrogens (tertiary/aromatic N) is 1. The van der Waals surface area contributed by atoms with Crippen LogP contribution in [-0.2, 0) is 12.8 Å². The maximum Gasteiger partial charge on any atom is 0.161 e. The van der Waals surface area contributed by atoms with Crippen molar-refractivity contribution in [3.05, 3.63) is 29.3 Å². The zero-order valence-corrected chi connectivity index (χ0v) is 13.2. The fraction of sp³-hybridized carbons (Fsp3) is 0.562. The molecule has 0 radical (unpaired) electrons. The van der Waals surface area contributed by atoms with E-state index < -0.39 is 0 Å². The minimum atomic E-state index is 0.626. The molecule has 0 spiro atoms. The largest absolute Gasteiger partial charge is 0.335 e. The van der Waals surface area contributed by atoms with Crippen molar-refractivity contribution in [1.29, 1.82) is 0 Å². The third kappa shape index (κ3) is 3.33. The molecule has 19 heavy (non-hydrogen) atoms.